The summed E-state index contributed by atoms with van der Waals surface area (Å²) in [5.41, 5.74) is 7.70. The number of sulfone groups is 1. The van der Waals surface area contributed by atoms with Crippen LogP contribution >= 0.6 is 0 Å². The average molecular weight is 295 g/mol. The Morgan fingerprint density at radius 2 is 1.75 bits per heavy atom. The lowest BCUT2D eigenvalue weighted by atomic mass is 9.64. The van der Waals surface area contributed by atoms with Crippen molar-refractivity contribution in [2.24, 2.45) is 5.73 Å². The fourth-order valence-corrected chi connectivity index (χ4v) is 4.13. The van der Waals surface area contributed by atoms with Crippen molar-refractivity contribution >= 4 is 9.84 Å². The first-order valence-corrected chi connectivity index (χ1v) is 9.49. The van der Waals surface area contributed by atoms with E-state index in [0.29, 0.717) is 6.42 Å². The van der Waals surface area contributed by atoms with E-state index in [-0.39, 0.29) is 17.2 Å². The Hall–Kier alpha value is -0.870. The third-order valence-corrected chi connectivity index (χ3v) is 5.58. The summed E-state index contributed by atoms with van der Waals surface area (Å²) in [6.07, 6.45) is 7.60. The minimum absolute atomic E-state index is 0.0375. The van der Waals surface area contributed by atoms with Gasteiger partial charge in [0.15, 0.2) is 0 Å². The van der Waals surface area contributed by atoms with E-state index in [1.165, 1.54) is 31.1 Å². The number of benzene rings is 1. The quantitative estimate of drug-likeness (QED) is 0.908. The fraction of sp³-hybridized carbons (Fsp3) is 0.625. The first kappa shape index (κ1) is 15.5. The van der Waals surface area contributed by atoms with E-state index in [0.717, 1.165) is 12.8 Å². The lowest BCUT2D eigenvalue weighted by Crippen LogP contribution is -2.47. The maximum absolute atomic E-state index is 11.4. The molecule has 0 aliphatic heterocycles. The van der Waals surface area contributed by atoms with Crippen LogP contribution in [0.15, 0.2) is 30.3 Å². The molecule has 112 valence electrons. The van der Waals surface area contributed by atoms with Crippen LogP contribution < -0.4 is 5.73 Å². The molecule has 1 aliphatic rings. The smallest absolute Gasteiger partial charge is 0.147 e. The molecule has 1 aromatic rings. The van der Waals surface area contributed by atoms with Gasteiger partial charge in [-0.25, -0.2) is 8.42 Å². The second kappa shape index (κ2) is 6.27. The molecule has 1 fully saturated rings. The molecule has 0 radical (unpaired) electrons. The molecule has 3 nitrogen and oxygen atoms in total. The zero-order valence-electron chi connectivity index (χ0n) is 12.2. The van der Waals surface area contributed by atoms with Crippen LogP contribution in [0, 0.1) is 0 Å². The van der Waals surface area contributed by atoms with Crippen molar-refractivity contribution in [2.45, 2.75) is 50.0 Å². The predicted molar refractivity (Wildman–Crippen MR) is 83.5 cm³/mol. The molecule has 0 spiro atoms. The third-order valence-electron chi connectivity index (χ3n) is 4.60. The molecule has 1 aliphatic carbocycles. The van der Waals surface area contributed by atoms with Gasteiger partial charge in [-0.05, 0) is 24.8 Å². The Kier molecular flexibility index (Phi) is 4.86. The number of hydrogen-bond acceptors (Lipinski definition) is 3. The number of hydrogen-bond donors (Lipinski definition) is 1. The van der Waals surface area contributed by atoms with E-state index in [4.69, 9.17) is 5.73 Å². The molecule has 2 rings (SSSR count). The second-order valence-corrected chi connectivity index (χ2v) is 8.37. The van der Waals surface area contributed by atoms with Crippen LogP contribution in [-0.4, -0.2) is 26.5 Å². The highest BCUT2D eigenvalue weighted by Gasteiger charge is 2.39. The van der Waals surface area contributed by atoms with Crippen LogP contribution in [0.1, 0.15) is 44.1 Å². The van der Waals surface area contributed by atoms with E-state index in [2.05, 4.69) is 24.3 Å². The highest BCUT2D eigenvalue weighted by atomic mass is 32.2. The first-order valence-electron chi connectivity index (χ1n) is 7.43. The van der Waals surface area contributed by atoms with Gasteiger partial charge in [0.25, 0.3) is 0 Å². The highest BCUT2D eigenvalue weighted by molar-refractivity contribution is 7.90. The Morgan fingerprint density at radius 1 is 1.15 bits per heavy atom. The monoisotopic (exact) mass is 295 g/mol. The van der Waals surface area contributed by atoms with Gasteiger partial charge in [0.1, 0.15) is 9.84 Å². The van der Waals surface area contributed by atoms with E-state index in [1.54, 1.807) is 0 Å². The molecule has 1 unspecified atom stereocenters. The first-order chi connectivity index (χ1) is 9.44. The lowest BCUT2D eigenvalue weighted by molar-refractivity contribution is 0.238. The molecule has 1 saturated carbocycles. The standard InChI is InChI=1S/C16H25NO2S/c1-20(18,19)13-10-15(17)16(11-6-3-7-12-16)14-8-4-2-5-9-14/h2,4-5,8-9,15H,3,6-7,10-13,17H2,1H3. The van der Waals surface area contributed by atoms with E-state index in [1.807, 2.05) is 6.07 Å². The molecule has 20 heavy (non-hydrogen) atoms. The number of rotatable bonds is 5. The summed E-state index contributed by atoms with van der Waals surface area (Å²) in [5, 5.41) is 0. The number of nitrogens with two attached hydrogens (primary N) is 1. The Morgan fingerprint density at radius 3 is 2.30 bits per heavy atom. The van der Waals surface area contributed by atoms with Crippen molar-refractivity contribution in [1.29, 1.82) is 0 Å². The van der Waals surface area contributed by atoms with Gasteiger partial charge < -0.3 is 5.73 Å². The van der Waals surface area contributed by atoms with Crippen LogP contribution in [0.4, 0.5) is 0 Å². The highest BCUT2D eigenvalue weighted by Crippen LogP contribution is 2.42. The van der Waals surface area contributed by atoms with Crippen molar-refractivity contribution in [2.75, 3.05) is 12.0 Å². The van der Waals surface area contributed by atoms with Crippen LogP contribution in [0.2, 0.25) is 0 Å². The normalized spacial score (nSPS) is 20.5. The van der Waals surface area contributed by atoms with Gasteiger partial charge in [-0.2, -0.15) is 0 Å². The minimum Gasteiger partial charge on any atom is -0.327 e. The van der Waals surface area contributed by atoms with Gasteiger partial charge in [-0.3, -0.25) is 0 Å². The summed E-state index contributed by atoms with van der Waals surface area (Å²) < 4.78 is 22.8. The van der Waals surface area contributed by atoms with Crippen LogP contribution in [0.25, 0.3) is 0 Å². The Bertz CT molecular complexity index is 519. The summed E-state index contributed by atoms with van der Waals surface area (Å²) in [5.74, 6) is 0.183. The zero-order chi connectivity index (χ0) is 14.6. The van der Waals surface area contributed by atoms with Crippen LogP contribution in [0.5, 0.6) is 0 Å². The van der Waals surface area contributed by atoms with Crippen molar-refractivity contribution in [1.82, 2.24) is 0 Å². The SMILES string of the molecule is CS(=O)(=O)CCC(N)C1(c2ccccc2)CCCCC1. The van der Waals surface area contributed by atoms with Gasteiger partial charge in [-0.15, -0.1) is 0 Å². The zero-order valence-corrected chi connectivity index (χ0v) is 13.0. The van der Waals surface area contributed by atoms with Crippen molar-refractivity contribution in [3.63, 3.8) is 0 Å². The second-order valence-electron chi connectivity index (χ2n) is 6.11. The molecule has 0 aromatic heterocycles. The maximum Gasteiger partial charge on any atom is 0.147 e. The minimum atomic E-state index is -2.95. The summed E-state index contributed by atoms with van der Waals surface area (Å²) in [7, 11) is -2.95. The van der Waals surface area contributed by atoms with Crippen molar-refractivity contribution in [3.8, 4) is 0 Å². The van der Waals surface area contributed by atoms with Gasteiger partial charge >= 0.3 is 0 Å². The molecule has 0 amide bonds. The third kappa shape index (κ3) is 3.61. The van der Waals surface area contributed by atoms with E-state index < -0.39 is 9.84 Å². The molecule has 0 bridgehead atoms. The molecule has 4 heteroatoms. The summed E-state index contributed by atoms with van der Waals surface area (Å²) in [6.45, 7) is 0. The van der Waals surface area contributed by atoms with Gasteiger partial charge in [-0.1, -0.05) is 49.6 Å². The molecule has 0 saturated heterocycles. The Labute approximate surface area is 122 Å². The summed E-state index contributed by atoms with van der Waals surface area (Å²) in [4.78, 5) is 0. The maximum atomic E-state index is 11.4. The molecule has 0 heterocycles. The van der Waals surface area contributed by atoms with Gasteiger partial charge in [0.2, 0.25) is 0 Å². The van der Waals surface area contributed by atoms with Gasteiger partial charge in [0, 0.05) is 17.7 Å². The molecular formula is C16H25NO2S. The predicted octanol–water partition coefficient (Wildman–Crippen LogP) is 2.65. The van der Waals surface area contributed by atoms with Crippen molar-refractivity contribution in [3.05, 3.63) is 35.9 Å². The molecule has 1 aromatic carbocycles. The van der Waals surface area contributed by atoms with E-state index >= 15 is 0 Å². The molecule has 1 atom stereocenters. The largest absolute Gasteiger partial charge is 0.327 e. The van der Waals surface area contributed by atoms with Crippen LogP contribution in [0.3, 0.4) is 0 Å². The van der Waals surface area contributed by atoms with Gasteiger partial charge in [0.05, 0.1) is 5.75 Å². The fourth-order valence-electron chi connectivity index (χ4n) is 3.44. The molecular weight excluding hydrogens is 270 g/mol. The van der Waals surface area contributed by atoms with E-state index in [9.17, 15) is 8.42 Å². The van der Waals surface area contributed by atoms with Crippen molar-refractivity contribution < 1.29 is 8.42 Å². The summed E-state index contributed by atoms with van der Waals surface area (Å²) >= 11 is 0. The lowest BCUT2D eigenvalue weighted by Gasteiger charge is -2.42. The summed E-state index contributed by atoms with van der Waals surface area (Å²) in [6, 6.07) is 10.3. The van der Waals surface area contributed by atoms with Crippen LogP contribution in [-0.2, 0) is 15.3 Å². The molecule has 2 N–H and O–H groups in total. The average Bonchev–Trinajstić information content (AvgIpc) is 2.45. The Balaban J connectivity index is 2.23. The topological polar surface area (TPSA) is 60.2 Å².